The fourth-order valence-corrected chi connectivity index (χ4v) is 3.84. The third kappa shape index (κ3) is 3.37. The summed E-state index contributed by atoms with van der Waals surface area (Å²) in [6.45, 7) is 2.69. The van der Waals surface area contributed by atoms with Crippen molar-refractivity contribution >= 4 is 11.3 Å². The monoisotopic (exact) mass is 343 g/mol. The van der Waals surface area contributed by atoms with Gasteiger partial charge in [0.1, 0.15) is 23.0 Å². The average Bonchev–Trinajstić information content (AvgIpc) is 3.24. The van der Waals surface area contributed by atoms with Gasteiger partial charge in [0.15, 0.2) is 0 Å². The van der Waals surface area contributed by atoms with E-state index < -0.39 is 0 Å². The molecule has 1 N–H and O–H groups in total. The molecule has 2 aromatic heterocycles. The van der Waals surface area contributed by atoms with Crippen molar-refractivity contribution in [3.63, 3.8) is 0 Å². The Morgan fingerprint density at radius 1 is 1.29 bits per heavy atom. The third-order valence-electron chi connectivity index (χ3n) is 4.31. The lowest BCUT2D eigenvalue weighted by molar-refractivity contribution is 0.347. The molecule has 0 saturated carbocycles. The van der Waals surface area contributed by atoms with Crippen LogP contribution in [0, 0.1) is 11.7 Å². The zero-order valence-corrected chi connectivity index (χ0v) is 14.0. The number of hydrogen-bond acceptors (Lipinski definition) is 5. The van der Waals surface area contributed by atoms with Crippen molar-refractivity contribution in [3.05, 3.63) is 53.3 Å². The quantitative estimate of drug-likeness (QED) is 0.774. The topological polar surface area (TPSA) is 55.6 Å². The maximum absolute atomic E-state index is 13.0. The van der Waals surface area contributed by atoms with Crippen molar-refractivity contribution in [1.29, 1.82) is 0 Å². The van der Waals surface area contributed by atoms with E-state index in [2.05, 4.69) is 30.4 Å². The van der Waals surface area contributed by atoms with Crippen LogP contribution in [0.4, 0.5) is 4.39 Å². The number of aryl methyl sites for hydroxylation is 1. The molecule has 1 unspecified atom stereocenters. The minimum Gasteiger partial charge on any atom is -0.317 e. The van der Waals surface area contributed by atoms with Crippen molar-refractivity contribution in [3.8, 4) is 10.6 Å². The summed E-state index contributed by atoms with van der Waals surface area (Å²) in [5, 5.41) is 14.6. The van der Waals surface area contributed by atoms with Gasteiger partial charge in [0.2, 0.25) is 0 Å². The number of nitrogens with one attached hydrogen (secondary N) is 1. The SMILES string of the molecule is Fc1ccc(-c2nc(CNCC3CCc4nncn4C3)cs2)cc1. The Hall–Kier alpha value is -2.12. The van der Waals surface area contributed by atoms with Crippen LogP contribution in [0.5, 0.6) is 0 Å². The summed E-state index contributed by atoms with van der Waals surface area (Å²) < 4.78 is 15.1. The van der Waals surface area contributed by atoms with Gasteiger partial charge in [-0.1, -0.05) is 0 Å². The Morgan fingerprint density at radius 2 is 2.17 bits per heavy atom. The second-order valence-electron chi connectivity index (χ2n) is 6.09. The van der Waals surface area contributed by atoms with Gasteiger partial charge in [0, 0.05) is 37.0 Å². The van der Waals surface area contributed by atoms with Crippen LogP contribution in [0.3, 0.4) is 0 Å². The molecule has 3 heterocycles. The number of aromatic nitrogens is 4. The van der Waals surface area contributed by atoms with Crippen LogP contribution in [0.2, 0.25) is 0 Å². The van der Waals surface area contributed by atoms with E-state index in [0.29, 0.717) is 5.92 Å². The van der Waals surface area contributed by atoms with E-state index in [1.54, 1.807) is 23.5 Å². The van der Waals surface area contributed by atoms with Crippen LogP contribution in [-0.2, 0) is 19.5 Å². The van der Waals surface area contributed by atoms with Crippen LogP contribution >= 0.6 is 11.3 Å². The van der Waals surface area contributed by atoms with E-state index in [0.717, 1.165) is 54.6 Å². The predicted molar refractivity (Wildman–Crippen MR) is 91.0 cm³/mol. The molecule has 0 saturated heterocycles. The second-order valence-corrected chi connectivity index (χ2v) is 6.94. The van der Waals surface area contributed by atoms with E-state index in [4.69, 9.17) is 0 Å². The average molecular weight is 343 g/mol. The van der Waals surface area contributed by atoms with Gasteiger partial charge in [-0.15, -0.1) is 21.5 Å². The first kappa shape index (κ1) is 15.4. The van der Waals surface area contributed by atoms with Gasteiger partial charge < -0.3 is 9.88 Å². The largest absolute Gasteiger partial charge is 0.317 e. The lowest BCUT2D eigenvalue weighted by atomic mass is 9.99. The molecule has 3 aromatic rings. The minimum absolute atomic E-state index is 0.221. The Balaban J connectivity index is 1.30. The van der Waals surface area contributed by atoms with Crippen LogP contribution in [0.15, 0.2) is 36.0 Å². The molecule has 0 radical (unpaired) electrons. The highest BCUT2D eigenvalue weighted by atomic mass is 32.1. The molecule has 5 nitrogen and oxygen atoms in total. The van der Waals surface area contributed by atoms with Gasteiger partial charge >= 0.3 is 0 Å². The molecular weight excluding hydrogens is 325 g/mol. The lowest BCUT2D eigenvalue weighted by Gasteiger charge is -2.23. The van der Waals surface area contributed by atoms with Crippen molar-refractivity contribution in [2.75, 3.05) is 6.54 Å². The third-order valence-corrected chi connectivity index (χ3v) is 5.25. The molecule has 124 valence electrons. The smallest absolute Gasteiger partial charge is 0.132 e. The minimum atomic E-state index is -0.221. The zero-order valence-electron chi connectivity index (χ0n) is 13.2. The van der Waals surface area contributed by atoms with Gasteiger partial charge in [-0.2, -0.15) is 0 Å². The highest BCUT2D eigenvalue weighted by molar-refractivity contribution is 7.13. The molecule has 1 atom stereocenters. The fourth-order valence-electron chi connectivity index (χ4n) is 3.01. The zero-order chi connectivity index (χ0) is 16.4. The Bertz CT molecular complexity index is 811. The molecule has 1 aromatic carbocycles. The van der Waals surface area contributed by atoms with Gasteiger partial charge in [-0.25, -0.2) is 9.37 Å². The molecule has 0 fully saturated rings. The molecule has 4 rings (SSSR count). The molecule has 1 aliphatic heterocycles. The number of nitrogens with zero attached hydrogens (tertiary/aromatic N) is 4. The molecule has 0 spiro atoms. The second kappa shape index (κ2) is 6.78. The maximum Gasteiger partial charge on any atom is 0.132 e. The molecular formula is C17H18FN5S. The van der Waals surface area contributed by atoms with E-state index in [9.17, 15) is 4.39 Å². The summed E-state index contributed by atoms with van der Waals surface area (Å²) in [4.78, 5) is 4.63. The van der Waals surface area contributed by atoms with Gasteiger partial charge in [-0.3, -0.25) is 0 Å². The highest BCUT2D eigenvalue weighted by Gasteiger charge is 2.19. The number of rotatable bonds is 5. The molecule has 24 heavy (non-hydrogen) atoms. The molecule has 1 aliphatic rings. The lowest BCUT2D eigenvalue weighted by Crippen LogP contribution is -2.29. The summed E-state index contributed by atoms with van der Waals surface area (Å²) >= 11 is 1.59. The van der Waals surface area contributed by atoms with Crippen molar-refractivity contribution in [1.82, 2.24) is 25.1 Å². The van der Waals surface area contributed by atoms with Crippen LogP contribution in [-0.4, -0.2) is 26.3 Å². The molecule has 7 heteroatoms. The van der Waals surface area contributed by atoms with Gasteiger partial charge in [0.25, 0.3) is 0 Å². The summed E-state index contributed by atoms with van der Waals surface area (Å²) in [6.07, 6.45) is 3.96. The first-order chi connectivity index (χ1) is 11.8. The number of hydrogen-bond donors (Lipinski definition) is 1. The normalized spacial score (nSPS) is 17.0. The van der Waals surface area contributed by atoms with Gasteiger partial charge in [-0.05, 0) is 36.6 Å². The summed E-state index contributed by atoms with van der Waals surface area (Å²) in [7, 11) is 0. The molecule has 0 bridgehead atoms. The van der Waals surface area contributed by atoms with E-state index >= 15 is 0 Å². The number of thiazole rings is 1. The van der Waals surface area contributed by atoms with Crippen LogP contribution in [0.25, 0.3) is 10.6 Å². The fraction of sp³-hybridized carbons (Fsp3) is 0.353. The van der Waals surface area contributed by atoms with Crippen molar-refractivity contribution in [2.24, 2.45) is 5.92 Å². The number of benzene rings is 1. The molecule has 0 amide bonds. The Labute approximate surface area is 143 Å². The van der Waals surface area contributed by atoms with E-state index in [1.165, 1.54) is 12.1 Å². The van der Waals surface area contributed by atoms with Crippen LogP contribution in [0.1, 0.15) is 17.9 Å². The van der Waals surface area contributed by atoms with E-state index in [-0.39, 0.29) is 5.82 Å². The summed E-state index contributed by atoms with van der Waals surface area (Å²) in [5.74, 6) is 1.47. The summed E-state index contributed by atoms with van der Waals surface area (Å²) in [6, 6.07) is 6.47. The Kier molecular flexibility index (Phi) is 4.36. The summed E-state index contributed by atoms with van der Waals surface area (Å²) in [5.41, 5.74) is 1.99. The number of halogens is 1. The van der Waals surface area contributed by atoms with Gasteiger partial charge in [0.05, 0.1) is 5.69 Å². The Morgan fingerprint density at radius 3 is 3.04 bits per heavy atom. The molecule has 0 aliphatic carbocycles. The van der Waals surface area contributed by atoms with Crippen LogP contribution < -0.4 is 5.32 Å². The standard InChI is InChI=1S/C17H18FN5S/c18-14-4-2-13(3-5-14)17-21-15(10-24-17)8-19-7-12-1-6-16-22-20-11-23(16)9-12/h2-5,10-12,19H,1,6-9H2. The first-order valence-corrected chi connectivity index (χ1v) is 8.93. The predicted octanol–water partition coefficient (Wildman–Crippen LogP) is 2.89. The van der Waals surface area contributed by atoms with Crippen molar-refractivity contribution in [2.45, 2.75) is 25.9 Å². The highest BCUT2D eigenvalue weighted by Crippen LogP contribution is 2.24. The number of fused-ring (bicyclic) bond motifs is 1. The maximum atomic E-state index is 13.0. The van der Waals surface area contributed by atoms with Crippen molar-refractivity contribution < 1.29 is 4.39 Å². The first-order valence-electron chi connectivity index (χ1n) is 8.05. The van der Waals surface area contributed by atoms with E-state index in [1.807, 2.05) is 6.33 Å².